The molecule has 0 saturated carbocycles. The van der Waals surface area contributed by atoms with Crippen LogP contribution in [0.5, 0.6) is 0 Å². The molecule has 0 amide bonds. The standard InChI is InChI=1S/C9H11Br3N/c1-13(2,9(10,11)12)8-6-4-3-5-7-8/h3-7H,1-2H3/q+1. The van der Waals surface area contributed by atoms with Gasteiger partial charge in [0.2, 0.25) is 0 Å². The molecule has 0 aliphatic heterocycles. The molecule has 0 aliphatic rings. The molecule has 1 aromatic rings. The van der Waals surface area contributed by atoms with Gasteiger partial charge in [-0.3, -0.25) is 4.48 Å². The summed E-state index contributed by atoms with van der Waals surface area (Å²) in [4.78, 5) is 0. The molecule has 0 spiro atoms. The lowest BCUT2D eigenvalue weighted by molar-refractivity contribution is 0.437. The maximum atomic E-state index is 3.54. The van der Waals surface area contributed by atoms with Crippen molar-refractivity contribution in [2.45, 2.75) is 2.27 Å². The van der Waals surface area contributed by atoms with Crippen molar-refractivity contribution < 1.29 is 0 Å². The fourth-order valence-corrected chi connectivity index (χ4v) is 1.56. The summed E-state index contributed by atoms with van der Waals surface area (Å²) in [6.07, 6.45) is 0. The van der Waals surface area contributed by atoms with Crippen LogP contribution in [0.1, 0.15) is 0 Å². The highest BCUT2D eigenvalue weighted by Gasteiger charge is 2.39. The van der Waals surface area contributed by atoms with Crippen LogP contribution in [0.25, 0.3) is 0 Å². The van der Waals surface area contributed by atoms with E-state index in [1.54, 1.807) is 0 Å². The molecule has 4 heteroatoms. The van der Waals surface area contributed by atoms with Crippen molar-refractivity contribution >= 4 is 53.5 Å². The van der Waals surface area contributed by atoms with Crippen LogP contribution < -0.4 is 4.48 Å². The van der Waals surface area contributed by atoms with Crippen molar-refractivity contribution in [1.29, 1.82) is 0 Å². The minimum atomic E-state index is -0.325. The summed E-state index contributed by atoms with van der Waals surface area (Å²) >= 11 is 10.6. The molecule has 0 fully saturated rings. The summed E-state index contributed by atoms with van der Waals surface area (Å²) < 4.78 is 0.336. The van der Waals surface area contributed by atoms with Crippen molar-refractivity contribution in [3.8, 4) is 0 Å². The fourth-order valence-electron chi connectivity index (χ4n) is 0.947. The molecule has 13 heavy (non-hydrogen) atoms. The van der Waals surface area contributed by atoms with Gasteiger partial charge in [0.05, 0.1) is 14.1 Å². The molecule has 0 heterocycles. The highest BCUT2D eigenvalue weighted by Crippen LogP contribution is 2.43. The molecule has 1 rings (SSSR count). The Morgan fingerprint density at radius 2 is 1.46 bits per heavy atom. The van der Waals surface area contributed by atoms with E-state index in [4.69, 9.17) is 0 Å². The summed E-state index contributed by atoms with van der Waals surface area (Å²) in [6.45, 7) is 0. The van der Waals surface area contributed by atoms with E-state index >= 15 is 0 Å². The average molecular weight is 373 g/mol. The Kier molecular flexibility index (Phi) is 3.60. The van der Waals surface area contributed by atoms with Crippen LogP contribution in [0.3, 0.4) is 0 Å². The third-order valence-electron chi connectivity index (χ3n) is 2.04. The Morgan fingerprint density at radius 1 is 1.00 bits per heavy atom. The maximum Gasteiger partial charge on any atom is 0.267 e. The Morgan fingerprint density at radius 3 is 1.85 bits per heavy atom. The molecule has 0 aromatic heterocycles. The molecular weight excluding hydrogens is 362 g/mol. The first kappa shape index (κ1) is 11.7. The second-order valence-electron chi connectivity index (χ2n) is 3.26. The van der Waals surface area contributed by atoms with Gasteiger partial charge in [0.25, 0.3) is 2.27 Å². The molecule has 0 unspecified atom stereocenters. The SMILES string of the molecule is C[N+](C)(c1ccccc1)C(Br)(Br)Br. The highest BCUT2D eigenvalue weighted by atomic mass is 80.0. The molecule has 0 atom stereocenters. The van der Waals surface area contributed by atoms with Gasteiger partial charge in [-0.2, -0.15) is 0 Å². The average Bonchev–Trinajstić information content (AvgIpc) is 2.04. The van der Waals surface area contributed by atoms with Gasteiger partial charge in [-0.1, -0.05) is 18.2 Å². The van der Waals surface area contributed by atoms with Gasteiger partial charge in [0, 0.05) is 47.8 Å². The number of benzene rings is 1. The van der Waals surface area contributed by atoms with Crippen molar-refractivity contribution in [2.75, 3.05) is 14.1 Å². The lowest BCUT2D eigenvalue weighted by Crippen LogP contribution is -2.49. The smallest absolute Gasteiger partial charge is 0.264 e. The Hall–Kier alpha value is 0.620. The van der Waals surface area contributed by atoms with Crippen LogP contribution in [0, 0.1) is 0 Å². The number of nitrogens with zero attached hydrogens (tertiary/aromatic N) is 1. The van der Waals surface area contributed by atoms with Gasteiger partial charge in [-0.25, -0.2) is 0 Å². The van der Waals surface area contributed by atoms with E-state index < -0.39 is 0 Å². The Balaban J connectivity index is 3.08. The monoisotopic (exact) mass is 370 g/mol. The number of quaternary nitrogens is 1. The van der Waals surface area contributed by atoms with E-state index in [2.05, 4.69) is 74.0 Å². The normalized spacial score (nSPS) is 13.0. The maximum absolute atomic E-state index is 3.54. The number of rotatable bonds is 1. The van der Waals surface area contributed by atoms with Gasteiger partial charge in [-0.15, -0.1) is 0 Å². The van der Waals surface area contributed by atoms with Gasteiger partial charge in [-0.05, 0) is 12.1 Å². The third kappa shape index (κ3) is 2.55. The van der Waals surface area contributed by atoms with Gasteiger partial charge >= 0.3 is 0 Å². The highest BCUT2D eigenvalue weighted by molar-refractivity contribution is 9.39. The number of para-hydroxylation sites is 1. The van der Waals surface area contributed by atoms with E-state index in [0.717, 1.165) is 0 Å². The van der Waals surface area contributed by atoms with Crippen LogP contribution >= 0.6 is 47.8 Å². The number of halogens is 3. The molecule has 0 aliphatic carbocycles. The number of alkyl halides is 3. The molecule has 1 nitrogen and oxygen atoms in total. The van der Waals surface area contributed by atoms with Crippen LogP contribution in [0.15, 0.2) is 30.3 Å². The van der Waals surface area contributed by atoms with Crippen molar-refractivity contribution in [3.05, 3.63) is 30.3 Å². The predicted octanol–water partition coefficient (Wildman–Crippen LogP) is 4.05. The molecule has 72 valence electrons. The molecule has 0 saturated heterocycles. The Bertz CT molecular complexity index is 277. The van der Waals surface area contributed by atoms with E-state index in [-0.39, 0.29) is 2.27 Å². The van der Waals surface area contributed by atoms with Crippen LogP contribution in [-0.2, 0) is 0 Å². The first-order valence-corrected chi connectivity index (χ1v) is 6.20. The molecule has 0 N–H and O–H groups in total. The molecule has 1 aromatic carbocycles. The van der Waals surface area contributed by atoms with E-state index in [1.807, 2.05) is 18.2 Å². The van der Waals surface area contributed by atoms with Crippen LogP contribution in [-0.4, -0.2) is 16.4 Å². The first-order chi connectivity index (χ1) is 5.86. The molecule has 0 radical (unpaired) electrons. The lowest BCUT2D eigenvalue weighted by atomic mass is 10.3. The summed E-state index contributed by atoms with van der Waals surface area (Å²) in [6, 6.07) is 10.3. The Labute approximate surface area is 104 Å². The fraction of sp³-hybridized carbons (Fsp3) is 0.333. The largest absolute Gasteiger partial charge is 0.267 e. The van der Waals surface area contributed by atoms with Crippen LogP contribution in [0.2, 0.25) is 0 Å². The van der Waals surface area contributed by atoms with Crippen molar-refractivity contribution in [1.82, 2.24) is 4.48 Å². The second kappa shape index (κ2) is 4.01. The molecular formula is C9H11Br3N+. The van der Waals surface area contributed by atoms with E-state index in [1.165, 1.54) is 5.69 Å². The van der Waals surface area contributed by atoms with E-state index in [9.17, 15) is 0 Å². The first-order valence-electron chi connectivity index (χ1n) is 3.82. The second-order valence-corrected chi connectivity index (χ2v) is 9.89. The summed E-state index contributed by atoms with van der Waals surface area (Å²) in [7, 11) is 4.21. The van der Waals surface area contributed by atoms with Crippen molar-refractivity contribution in [2.24, 2.45) is 0 Å². The van der Waals surface area contributed by atoms with Gasteiger partial charge in [0.15, 0.2) is 0 Å². The predicted molar refractivity (Wildman–Crippen MR) is 69.6 cm³/mol. The lowest BCUT2D eigenvalue weighted by Gasteiger charge is -2.36. The quantitative estimate of drug-likeness (QED) is 0.396. The zero-order chi connectivity index (χ0) is 10.1. The van der Waals surface area contributed by atoms with Crippen LogP contribution in [0.4, 0.5) is 5.69 Å². The van der Waals surface area contributed by atoms with Gasteiger partial charge < -0.3 is 0 Å². The minimum absolute atomic E-state index is 0.325. The summed E-state index contributed by atoms with van der Waals surface area (Å²) in [5.41, 5.74) is 1.22. The third-order valence-corrected chi connectivity index (χ3v) is 4.70. The number of hydrogen-bond acceptors (Lipinski definition) is 0. The van der Waals surface area contributed by atoms with Gasteiger partial charge in [0.1, 0.15) is 5.69 Å². The van der Waals surface area contributed by atoms with E-state index in [0.29, 0.717) is 4.48 Å². The topological polar surface area (TPSA) is 0 Å². The molecule has 0 bridgehead atoms. The zero-order valence-electron chi connectivity index (χ0n) is 7.47. The zero-order valence-corrected chi connectivity index (χ0v) is 12.2. The van der Waals surface area contributed by atoms with Crippen molar-refractivity contribution in [3.63, 3.8) is 0 Å². The minimum Gasteiger partial charge on any atom is -0.264 e. The number of hydrogen-bond donors (Lipinski definition) is 0. The summed E-state index contributed by atoms with van der Waals surface area (Å²) in [5.74, 6) is 0. The summed E-state index contributed by atoms with van der Waals surface area (Å²) in [5, 5.41) is 0.